The van der Waals surface area contributed by atoms with Crippen LogP contribution in [0.3, 0.4) is 0 Å². The van der Waals surface area contributed by atoms with Crippen LogP contribution in [0.25, 0.3) is 16.7 Å². The molecule has 0 radical (unpaired) electrons. The minimum absolute atomic E-state index is 0.0000293. The number of halogens is 4. The Kier molecular flexibility index (Phi) is 3.59. The number of aromatic nitrogens is 2. The van der Waals surface area contributed by atoms with Crippen LogP contribution < -0.4 is 0 Å². The molecule has 1 unspecified atom stereocenters. The van der Waals surface area contributed by atoms with Crippen molar-refractivity contribution in [3.8, 4) is 5.69 Å². The van der Waals surface area contributed by atoms with Crippen molar-refractivity contribution in [3.05, 3.63) is 58.9 Å². The number of nitrogens with zero attached hydrogens (tertiary/aromatic N) is 2. The van der Waals surface area contributed by atoms with Crippen LogP contribution in [0.2, 0.25) is 5.02 Å². The minimum Gasteiger partial charge on any atom is -0.295 e. The predicted octanol–water partition coefficient (Wildman–Crippen LogP) is 5.26. The fraction of sp³-hybridized carbons (Fsp3) is 0.133. The summed E-state index contributed by atoms with van der Waals surface area (Å²) >= 11 is 11.9. The summed E-state index contributed by atoms with van der Waals surface area (Å²) < 4.78 is 28.5. The van der Waals surface area contributed by atoms with Gasteiger partial charge in [-0.3, -0.25) is 4.57 Å². The lowest BCUT2D eigenvalue weighted by atomic mass is 10.2. The molecule has 3 aromatic rings. The van der Waals surface area contributed by atoms with E-state index in [9.17, 15) is 8.78 Å². The molecule has 0 aliphatic rings. The molecular formula is C15H10Cl2F2N2. The summed E-state index contributed by atoms with van der Waals surface area (Å²) in [5.41, 5.74) is 1.72. The highest BCUT2D eigenvalue weighted by atomic mass is 35.5. The molecule has 0 saturated carbocycles. The second-order valence-electron chi connectivity index (χ2n) is 4.65. The van der Waals surface area contributed by atoms with E-state index in [1.807, 2.05) is 0 Å². The molecule has 3 rings (SSSR count). The maximum atomic E-state index is 13.8. The normalized spacial score (nSPS) is 12.8. The highest BCUT2D eigenvalue weighted by Gasteiger charge is 2.18. The van der Waals surface area contributed by atoms with Crippen LogP contribution >= 0.6 is 23.2 Å². The van der Waals surface area contributed by atoms with E-state index in [1.54, 1.807) is 23.6 Å². The maximum Gasteiger partial charge on any atom is 0.144 e. The van der Waals surface area contributed by atoms with Crippen LogP contribution in [0.5, 0.6) is 0 Å². The molecule has 6 heteroatoms. The highest BCUT2D eigenvalue weighted by molar-refractivity contribution is 6.31. The molecule has 1 heterocycles. The summed E-state index contributed by atoms with van der Waals surface area (Å²) in [6.45, 7) is 1.76. The lowest BCUT2D eigenvalue weighted by Crippen LogP contribution is -2.02. The Morgan fingerprint density at radius 2 is 1.81 bits per heavy atom. The van der Waals surface area contributed by atoms with Gasteiger partial charge in [-0.15, -0.1) is 11.6 Å². The first kappa shape index (κ1) is 14.3. The molecule has 0 bridgehead atoms. The van der Waals surface area contributed by atoms with E-state index >= 15 is 0 Å². The molecule has 108 valence electrons. The fourth-order valence-electron chi connectivity index (χ4n) is 2.22. The Morgan fingerprint density at radius 1 is 1.14 bits per heavy atom. The molecular weight excluding hydrogens is 317 g/mol. The second-order valence-corrected chi connectivity index (χ2v) is 5.71. The average Bonchev–Trinajstić information content (AvgIpc) is 2.79. The second kappa shape index (κ2) is 5.28. The monoisotopic (exact) mass is 326 g/mol. The van der Waals surface area contributed by atoms with Crippen molar-refractivity contribution >= 4 is 34.2 Å². The maximum absolute atomic E-state index is 13.8. The first-order chi connectivity index (χ1) is 9.97. The smallest absolute Gasteiger partial charge is 0.144 e. The van der Waals surface area contributed by atoms with Crippen molar-refractivity contribution in [2.45, 2.75) is 12.3 Å². The Morgan fingerprint density at radius 3 is 2.43 bits per heavy atom. The number of benzene rings is 2. The molecule has 0 N–H and O–H groups in total. The molecule has 0 saturated heterocycles. The van der Waals surface area contributed by atoms with Gasteiger partial charge in [-0.05, 0) is 37.3 Å². The molecule has 0 aliphatic carbocycles. The van der Waals surface area contributed by atoms with Crippen LogP contribution in [0.4, 0.5) is 8.78 Å². The number of imidazole rings is 1. The Hall–Kier alpha value is -1.65. The van der Waals surface area contributed by atoms with Crippen LogP contribution in [-0.4, -0.2) is 9.55 Å². The zero-order chi connectivity index (χ0) is 15.1. The number of rotatable bonds is 2. The summed E-state index contributed by atoms with van der Waals surface area (Å²) in [4.78, 5) is 4.40. The third kappa shape index (κ3) is 2.49. The van der Waals surface area contributed by atoms with E-state index < -0.39 is 11.2 Å². The topological polar surface area (TPSA) is 17.8 Å². The molecule has 1 aromatic heterocycles. The van der Waals surface area contributed by atoms with E-state index in [1.165, 1.54) is 24.3 Å². The van der Waals surface area contributed by atoms with Crippen molar-refractivity contribution in [2.75, 3.05) is 0 Å². The van der Waals surface area contributed by atoms with E-state index in [2.05, 4.69) is 4.98 Å². The molecule has 21 heavy (non-hydrogen) atoms. The SMILES string of the molecule is CC(Cl)c1nc2cc(Cl)c(F)cc2n1-c1ccc(F)cc1. The summed E-state index contributed by atoms with van der Waals surface area (Å²) in [6, 6.07) is 8.59. The minimum atomic E-state index is -0.541. The molecule has 0 amide bonds. The van der Waals surface area contributed by atoms with E-state index in [-0.39, 0.29) is 10.8 Å². The van der Waals surface area contributed by atoms with Crippen molar-refractivity contribution in [2.24, 2.45) is 0 Å². The average molecular weight is 327 g/mol. The standard InChI is InChI=1S/C15H10Cl2F2N2/c1-8(16)15-20-13-6-11(17)12(19)7-14(13)21(15)10-4-2-9(18)3-5-10/h2-8H,1H3. The quantitative estimate of drug-likeness (QED) is 0.587. The van der Waals surface area contributed by atoms with E-state index in [0.717, 1.165) is 0 Å². The first-order valence-corrected chi connectivity index (χ1v) is 7.06. The largest absolute Gasteiger partial charge is 0.295 e. The van der Waals surface area contributed by atoms with Gasteiger partial charge in [0.25, 0.3) is 0 Å². The van der Waals surface area contributed by atoms with Crippen LogP contribution in [0.1, 0.15) is 18.1 Å². The van der Waals surface area contributed by atoms with Gasteiger partial charge in [0.05, 0.1) is 21.4 Å². The van der Waals surface area contributed by atoms with Gasteiger partial charge in [-0.25, -0.2) is 13.8 Å². The fourth-order valence-corrected chi connectivity index (χ4v) is 2.52. The number of hydrogen-bond donors (Lipinski definition) is 0. The van der Waals surface area contributed by atoms with Gasteiger partial charge in [0.2, 0.25) is 0 Å². The van der Waals surface area contributed by atoms with Crippen molar-refractivity contribution in [1.29, 1.82) is 0 Å². The lowest BCUT2D eigenvalue weighted by molar-refractivity contribution is 0.626. The van der Waals surface area contributed by atoms with Crippen molar-refractivity contribution < 1.29 is 8.78 Å². The van der Waals surface area contributed by atoms with Crippen LogP contribution in [0.15, 0.2) is 36.4 Å². The van der Waals surface area contributed by atoms with Gasteiger partial charge in [-0.2, -0.15) is 0 Å². The Bertz CT molecular complexity index is 811. The molecule has 2 aromatic carbocycles. The molecule has 2 nitrogen and oxygen atoms in total. The zero-order valence-corrected chi connectivity index (χ0v) is 12.5. The Balaban J connectivity index is 2.35. The Labute approximate surface area is 129 Å². The van der Waals surface area contributed by atoms with Gasteiger partial charge < -0.3 is 0 Å². The molecule has 0 spiro atoms. The zero-order valence-electron chi connectivity index (χ0n) is 10.9. The lowest BCUT2D eigenvalue weighted by Gasteiger charge is -2.10. The van der Waals surface area contributed by atoms with Gasteiger partial charge in [0.15, 0.2) is 0 Å². The van der Waals surface area contributed by atoms with E-state index in [4.69, 9.17) is 23.2 Å². The molecule has 1 atom stereocenters. The number of fused-ring (bicyclic) bond motifs is 1. The van der Waals surface area contributed by atoms with E-state index in [0.29, 0.717) is 22.5 Å². The van der Waals surface area contributed by atoms with Gasteiger partial charge in [-0.1, -0.05) is 11.6 Å². The molecule has 0 aliphatic heterocycles. The predicted molar refractivity (Wildman–Crippen MR) is 80.3 cm³/mol. The van der Waals surface area contributed by atoms with Crippen LogP contribution in [-0.2, 0) is 0 Å². The van der Waals surface area contributed by atoms with Crippen molar-refractivity contribution in [3.63, 3.8) is 0 Å². The molecule has 0 fully saturated rings. The summed E-state index contributed by atoms with van der Waals surface area (Å²) in [6.07, 6.45) is 0. The van der Waals surface area contributed by atoms with Gasteiger partial charge in [0, 0.05) is 11.8 Å². The highest BCUT2D eigenvalue weighted by Crippen LogP contribution is 2.30. The summed E-state index contributed by atoms with van der Waals surface area (Å²) in [5, 5.41) is -0.399. The summed E-state index contributed by atoms with van der Waals surface area (Å²) in [7, 11) is 0. The van der Waals surface area contributed by atoms with Crippen molar-refractivity contribution in [1.82, 2.24) is 9.55 Å². The number of hydrogen-bond acceptors (Lipinski definition) is 1. The third-order valence-corrected chi connectivity index (χ3v) is 3.65. The summed E-state index contributed by atoms with van der Waals surface area (Å²) in [5.74, 6) is -0.348. The van der Waals surface area contributed by atoms with Crippen LogP contribution in [0, 0.1) is 11.6 Å². The van der Waals surface area contributed by atoms with Gasteiger partial charge >= 0.3 is 0 Å². The van der Waals surface area contributed by atoms with Gasteiger partial charge in [0.1, 0.15) is 17.5 Å². The first-order valence-electron chi connectivity index (χ1n) is 6.25. The third-order valence-electron chi connectivity index (χ3n) is 3.16. The number of alkyl halides is 1.